The lowest BCUT2D eigenvalue weighted by atomic mass is 10.3. The van der Waals surface area contributed by atoms with Crippen LogP contribution in [0.3, 0.4) is 0 Å². The zero-order chi connectivity index (χ0) is 14.8. The van der Waals surface area contributed by atoms with Crippen LogP contribution in [-0.2, 0) is 6.42 Å². The standard InChI is InChI=1S/C13H13N5OS2/c1-3-10-16-9(6-20-10)11-8(2)15-12(21-11)17-13(19)18-5-4-14-7-18/h4-7H,3H2,1-2H3,(H,15,17,19). The number of carbonyl (C=O) groups excluding carboxylic acids is 1. The van der Waals surface area contributed by atoms with E-state index in [4.69, 9.17) is 0 Å². The van der Waals surface area contributed by atoms with Crippen molar-refractivity contribution in [2.75, 3.05) is 5.32 Å². The third kappa shape index (κ3) is 2.86. The highest BCUT2D eigenvalue weighted by Crippen LogP contribution is 2.33. The normalized spacial score (nSPS) is 10.8. The van der Waals surface area contributed by atoms with Crippen LogP contribution in [0.15, 0.2) is 24.1 Å². The van der Waals surface area contributed by atoms with E-state index >= 15 is 0 Å². The Labute approximate surface area is 129 Å². The van der Waals surface area contributed by atoms with Crippen molar-refractivity contribution >= 4 is 33.8 Å². The second-order valence-electron chi connectivity index (χ2n) is 4.31. The summed E-state index contributed by atoms with van der Waals surface area (Å²) in [5.74, 6) is 0. The Morgan fingerprint density at radius 2 is 2.29 bits per heavy atom. The van der Waals surface area contributed by atoms with Gasteiger partial charge in [-0.25, -0.2) is 19.7 Å². The van der Waals surface area contributed by atoms with Gasteiger partial charge in [-0.15, -0.1) is 11.3 Å². The Morgan fingerprint density at radius 1 is 1.43 bits per heavy atom. The van der Waals surface area contributed by atoms with Crippen molar-refractivity contribution < 1.29 is 4.79 Å². The maximum atomic E-state index is 11.9. The molecule has 1 N–H and O–H groups in total. The van der Waals surface area contributed by atoms with Gasteiger partial charge in [0.2, 0.25) is 0 Å². The SMILES string of the molecule is CCc1nc(-c2sc(NC(=O)n3ccnc3)nc2C)cs1. The Hall–Kier alpha value is -2.06. The molecule has 0 bridgehead atoms. The fourth-order valence-corrected chi connectivity index (χ4v) is 3.53. The fraction of sp³-hybridized carbons (Fsp3) is 0.231. The quantitative estimate of drug-likeness (QED) is 0.803. The van der Waals surface area contributed by atoms with Crippen molar-refractivity contribution in [3.63, 3.8) is 0 Å². The van der Waals surface area contributed by atoms with Crippen LogP contribution in [-0.4, -0.2) is 25.6 Å². The minimum Gasteiger partial charge on any atom is -0.283 e. The molecule has 1 amide bonds. The molecule has 0 saturated carbocycles. The zero-order valence-electron chi connectivity index (χ0n) is 11.5. The first-order valence-corrected chi connectivity index (χ1v) is 8.08. The van der Waals surface area contributed by atoms with E-state index in [1.54, 1.807) is 23.7 Å². The van der Waals surface area contributed by atoms with Crippen LogP contribution < -0.4 is 5.32 Å². The summed E-state index contributed by atoms with van der Waals surface area (Å²) in [7, 11) is 0. The van der Waals surface area contributed by atoms with Gasteiger partial charge < -0.3 is 0 Å². The van der Waals surface area contributed by atoms with Crippen LogP contribution in [0.4, 0.5) is 9.93 Å². The number of aryl methyl sites for hydroxylation is 2. The highest BCUT2D eigenvalue weighted by Gasteiger charge is 2.14. The summed E-state index contributed by atoms with van der Waals surface area (Å²) in [6.45, 7) is 4.00. The Kier molecular flexibility index (Phi) is 3.80. The summed E-state index contributed by atoms with van der Waals surface area (Å²) < 4.78 is 1.37. The minimum absolute atomic E-state index is 0.277. The van der Waals surface area contributed by atoms with Crippen LogP contribution in [0.5, 0.6) is 0 Å². The fourth-order valence-electron chi connectivity index (χ4n) is 1.80. The van der Waals surface area contributed by atoms with Gasteiger partial charge in [-0.1, -0.05) is 18.3 Å². The molecule has 21 heavy (non-hydrogen) atoms. The maximum Gasteiger partial charge on any atom is 0.333 e. The summed E-state index contributed by atoms with van der Waals surface area (Å²) in [5.41, 5.74) is 1.80. The maximum absolute atomic E-state index is 11.9. The lowest BCUT2D eigenvalue weighted by molar-refractivity contribution is 0.253. The molecule has 6 nitrogen and oxygen atoms in total. The smallest absolute Gasteiger partial charge is 0.283 e. The molecule has 0 fully saturated rings. The van der Waals surface area contributed by atoms with Gasteiger partial charge in [-0.2, -0.15) is 0 Å². The largest absolute Gasteiger partial charge is 0.333 e. The van der Waals surface area contributed by atoms with E-state index in [0.29, 0.717) is 5.13 Å². The molecule has 108 valence electrons. The van der Waals surface area contributed by atoms with Crippen LogP contribution >= 0.6 is 22.7 Å². The van der Waals surface area contributed by atoms with E-state index in [0.717, 1.165) is 27.7 Å². The van der Waals surface area contributed by atoms with Crippen LogP contribution in [0.2, 0.25) is 0 Å². The molecule has 0 unspecified atom stereocenters. The van der Waals surface area contributed by atoms with E-state index in [2.05, 4.69) is 27.2 Å². The number of anilines is 1. The molecule has 3 aromatic rings. The van der Waals surface area contributed by atoms with E-state index in [1.165, 1.54) is 22.2 Å². The number of amides is 1. The van der Waals surface area contributed by atoms with E-state index in [9.17, 15) is 4.79 Å². The number of hydrogen-bond donors (Lipinski definition) is 1. The Morgan fingerprint density at radius 3 is 2.95 bits per heavy atom. The van der Waals surface area contributed by atoms with Gasteiger partial charge in [-0.05, 0) is 13.3 Å². The van der Waals surface area contributed by atoms with Gasteiger partial charge in [0, 0.05) is 17.8 Å². The van der Waals surface area contributed by atoms with Crippen molar-refractivity contribution in [1.82, 2.24) is 19.5 Å². The van der Waals surface area contributed by atoms with Crippen LogP contribution in [0.1, 0.15) is 17.6 Å². The number of carbonyl (C=O) groups is 1. The molecule has 0 radical (unpaired) electrons. The zero-order valence-corrected chi connectivity index (χ0v) is 13.2. The summed E-state index contributed by atoms with van der Waals surface area (Å²) >= 11 is 3.07. The van der Waals surface area contributed by atoms with Crippen molar-refractivity contribution in [3.8, 4) is 10.6 Å². The molecule has 3 aromatic heterocycles. The lowest BCUT2D eigenvalue weighted by Gasteiger charge is -2.00. The topological polar surface area (TPSA) is 72.7 Å². The summed E-state index contributed by atoms with van der Waals surface area (Å²) in [6, 6.07) is -0.277. The molecule has 3 heterocycles. The molecule has 0 aromatic carbocycles. The van der Waals surface area contributed by atoms with Crippen molar-refractivity contribution in [2.45, 2.75) is 20.3 Å². The number of imidazole rings is 1. The monoisotopic (exact) mass is 319 g/mol. The number of nitrogens with one attached hydrogen (secondary N) is 1. The van der Waals surface area contributed by atoms with Gasteiger partial charge in [0.1, 0.15) is 6.33 Å². The number of aromatic nitrogens is 4. The highest BCUT2D eigenvalue weighted by atomic mass is 32.1. The number of thiazole rings is 2. The third-order valence-corrected chi connectivity index (χ3v) is 4.92. The summed E-state index contributed by atoms with van der Waals surface area (Å²) in [5, 5.41) is 6.45. The molecule has 0 atom stereocenters. The highest BCUT2D eigenvalue weighted by molar-refractivity contribution is 7.19. The lowest BCUT2D eigenvalue weighted by Crippen LogP contribution is -2.17. The van der Waals surface area contributed by atoms with Gasteiger partial charge in [0.05, 0.1) is 21.3 Å². The number of rotatable bonds is 3. The van der Waals surface area contributed by atoms with E-state index in [-0.39, 0.29) is 6.03 Å². The van der Waals surface area contributed by atoms with E-state index < -0.39 is 0 Å². The number of hydrogen-bond acceptors (Lipinski definition) is 6. The number of nitrogens with zero attached hydrogens (tertiary/aromatic N) is 4. The molecule has 0 aliphatic heterocycles. The minimum atomic E-state index is -0.277. The van der Waals surface area contributed by atoms with Crippen LogP contribution in [0, 0.1) is 6.92 Å². The molecule has 0 saturated heterocycles. The van der Waals surface area contributed by atoms with Gasteiger partial charge in [-0.3, -0.25) is 9.88 Å². The molecule has 0 spiro atoms. The van der Waals surface area contributed by atoms with E-state index in [1.807, 2.05) is 12.3 Å². The van der Waals surface area contributed by atoms with Gasteiger partial charge >= 0.3 is 6.03 Å². The molecule has 3 rings (SSSR count). The average molecular weight is 319 g/mol. The van der Waals surface area contributed by atoms with Crippen molar-refractivity contribution in [3.05, 3.63) is 34.8 Å². The molecule has 8 heteroatoms. The molecule has 0 aliphatic rings. The first-order chi connectivity index (χ1) is 10.2. The second kappa shape index (κ2) is 5.74. The molecule has 0 aliphatic carbocycles. The Balaban J connectivity index is 1.82. The molecular weight excluding hydrogens is 306 g/mol. The predicted molar refractivity (Wildman–Crippen MR) is 84.0 cm³/mol. The Bertz CT molecular complexity index is 759. The first kappa shape index (κ1) is 13.9. The average Bonchev–Trinajstić information content (AvgIpc) is 3.18. The summed E-state index contributed by atoms with van der Waals surface area (Å²) in [4.78, 5) is 25.7. The molecular formula is C13H13N5OS2. The second-order valence-corrected chi connectivity index (χ2v) is 6.26. The van der Waals surface area contributed by atoms with Crippen LogP contribution in [0.25, 0.3) is 10.6 Å². The van der Waals surface area contributed by atoms with Gasteiger partial charge in [0.15, 0.2) is 5.13 Å². The first-order valence-electron chi connectivity index (χ1n) is 6.39. The van der Waals surface area contributed by atoms with Gasteiger partial charge in [0.25, 0.3) is 0 Å². The predicted octanol–water partition coefficient (Wildman–Crippen LogP) is 3.41. The summed E-state index contributed by atoms with van der Waals surface area (Å²) in [6.07, 6.45) is 5.52. The van der Waals surface area contributed by atoms with Crippen molar-refractivity contribution in [1.29, 1.82) is 0 Å². The third-order valence-electron chi connectivity index (χ3n) is 2.84. The van der Waals surface area contributed by atoms with Crippen molar-refractivity contribution in [2.24, 2.45) is 0 Å².